The molecule has 8 heteroatoms. The Morgan fingerprint density at radius 3 is 2.26 bits per heavy atom. The largest absolute Gasteiger partial charge is 0.428 e. The topological polar surface area (TPSA) is 84.7 Å². The minimum atomic E-state index is -2.50. The van der Waals surface area contributed by atoms with E-state index >= 15 is 0 Å². The minimum Gasteiger partial charge on any atom is -0.410 e. The SMILES string of the molecule is Cc1ccc(OC(=O)N(CCc2ccc(-n3nc(C)c(-c4ccccc4)c3C)cc2)S(=O)O)cc1. The maximum Gasteiger partial charge on any atom is 0.428 e. The van der Waals surface area contributed by atoms with Gasteiger partial charge in [0, 0.05) is 17.8 Å². The molecule has 0 aliphatic carbocycles. The first-order valence-electron chi connectivity index (χ1n) is 11.2. The summed E-state index contributed by atoms with van der Waals surface area (Å²) in [5.41, 5.74) is 7.08. The third-order valence-corrected chi connectivity index (χ3v) is 6.47. The molecule has 0 saturated heterocycles. The van der Waals surface area contributed by atoms with Crippen LogP contribution >= 0.6 is 0 Å². The molecule has 4 aromatic rings. The highest BCUT2D eigenvalue weighted by Crippen LogP contribution is 2.28. The molecule has 35 heavy (non-hydrogen) atoms. The highest BCUT2D eigenvalue weighted by Gasteiger charge is 2.21. The van der Waals surface area contributed by atoms with Crippen LogP contribution in [0.5, 0.6) is 5.75 Å². The van der Waals surface area contributed by atoms with Crippen molar-refractivity contribution in [1.82, 2.24) is 14.1 Å². The summed E-state index contributed by atoms with van der Waals surface area (Å²) in [6.07, 6.45) is -0.482. The third kappa shape index (κ3) is 5.67. The minimum absolute atomic E-state index is 0.0329. The van der Waals surface area contributed by atoms with Crippen LogP contribution in [0, 0.1) is 20.8 Å². The Labute approximate surface area is 207 Å². The van der Waals surface area contributed by atoms with Crippen LogP contribution in [0.1, 0.15) is 22.5 Å². The zero-order valence-electron chi connectivity index (χ0n) is 19.8. The van der Waals surface area contributed by atoms with Crippen molar-refractivity contribution >= 4 is 17.4 Å². The number of aromatic nitrogens is 2. The molecule has 0 spiro atoms. The summed E-state index contributed by atoms with van der Waals surface area (Å²) in [6.45, 7) is 6.00. The molecule has 0 aliphatic rings. The number of benzene rings is 3. The number of nitrogens with zero attached hydrogens (tertiary/aromatic N) is 3. The molecule has 1 heterocycles. The zero-order chi connectivity index (χ0) is 24.9. The highest BCUT2D eigenvalue weighted by atomic mass is 32.2. The fourth-order valence-corrected chi connectivity index (χ4v) is 4.35. The van der Waals surface area contributed by atoms with Gasteiger partial charge in [-0.05, 0) is 62.6 Å². The second-order valence-electron chi connectivity index (χ2n) is 8.25. The standard InChI is InChI=1S/C27H27N3O4S/c1-19-9-15-25(16-10-19)34-27(31)29(35(32)33)18-17-22-11-13-24(14-12-22)30-21(3)26(20(2)28-30)23-7-5-4-6-8-23/h4-16H,17-18H2,1-3H3,(H,32,33). The lowest BCUT2D eigenvalue weighted by Crippen LogP contribution is -2.36. The van der Waals surface area contributed by atoms with Gasteiger partial charge >= 0.3 is 6.09 Å². The summed E-state index contributed by atoms with van der Waals surface area (Å²) in [5, 5.41) is 4.73. The molecule has 4 rings (SSSR count). The summed E-state index contributed by atoms with van der Waals surface area (Å²) in [4.78, 5) is 12.4. The second-order valence-corrected chi connectivity index (χ2v) is 9.16. The van der Waals surface area contributed by atoms with E-state index in [0.717, 1.165) is 43.6 Å². The molecule has 0 aliphatic heterocycles. The molecule has 180 valence electrons. The first kappa shape index (κ1) is 24.4. The summed E-state index contributed by atoms with van der Waals surface area (Å²) in [6, 6.07) is 24.8. The van der Waals surface area contributed by atoms with Gasteiger partial charge in [-0.3, -0.25) is 4.55 Å². The molecule has 1 atom stereocenters. The predicted molar refractivity (Wildman–Crippen MR) is 137 cm³/mol. The molecule has 1 aromatic heterocycles. The van der Waals surface area contributed by atoms with Crippen LogP contribution in [0.2, 0.25) is 0 Å². The molecular formula is C27H27N3O4S. The van der Waals surface area contributed by atoms with Gasteiger partial charge in [0.25, 0.3) is 11.3 Å². The van der Waals surface area contributed by atoms with Crippen LogP contribution in [-0.4, -0.2) is 35.5 Å². The summed E-state index contributed by atoms with van der Waals surface area (Å²) >= 11 is -2.50. The van der Waals surface area contributed by atoms with Gasteiger partial charge in [-0.2, -0.15) is 5.10 Å². The van der Waals surface area contributed by atoms with E-state index in [1.807, 2.05) is 67.9 Å². The Kier molecular flexibility index (Phi) is 7.43. The molecular weight excluding hydrogens is 462 g/mol. The maximum absolute atomic E-state index is 12.4. The van der Waals surface area contributed by atoms with Crippen molar-refractivity contribution in [2.24, 2.45) is 0 Å². The Morgan fingerprint density at radius 1 is 0.971 bits per heavy atom. The Bertz CT molecular complexity index is 1330. The van der Waals surface area contributed by atoms with E-state index in [0.29, 0.717) is 12.2 Å². The van der Waals surface area contributed by atoms with Gasteiger partial charge in [-0.25, -0.2) is 18.0 Å². The molecule has 0 saturated carbocycles. The monoisotopic (exact) mass is 489 g/mol. The number of carbonyl (C=O) groups excluding carboxylic acids is 1. The van der Waals surface area contributed by atoms with E-state index in [-0.39, 0.29) is 6.54 Å². The van der Waals surface area contributed by atoms with Crippen LogP contribution in [0.15, 0.2) is 78.9 Å². The Balaban J connectivity index is 1.45. The quantitative estimate of drug-likeness (QED) is 0.339. The molecule has 0 bridgehead atoms. The smallest absolute Gasteiger partial charge is 0.410 e. The van der Waals surface area contributed by atoms with Crippen molar-refractivity contribution in [3.05, 3.63) is 101 Å². The van der Waals surface area contributed by atoms with E-state index in [1.165, 1.54) is 0 Å². The number of amides is 1. The van der Waals surface area contributed by atoms with Crippen LogP contribution in [-0.2, 0) is 17.7 Å². The molecule has 0 fully saturated rings. The van der Waals surface area contributed by atoms with E-state index in [4.69, 9.17) is 9.84 Å². The summed E-state index contributed by atoms with van der Waals surface area (Å²) < 4.78 is 29.3. The molecule has 0 radical (unpaired) electrons. The Hall–Kier alpha value is -3.75. The maximum atomic E-state index is 12.4. The molecule has 1 amide bonds. The fourth-order valence-electron chi connectivity index (χ4n) is 3.94. The second kappa shape index (κ2) is 10.7. The van der Waals surface area contributed by atoms with Gasteiger partial charge in [0.1, 0.15) is 5.75 Å². The molecule has 1 unspecified atom stereocenters. The van der Waals surface area contributed by atoms with Crippen molar-refractivity contribution in [2.45, 2.75) is 27.2 Å². The number of rotatable bonds is 7. The van der Waals surface area contributed by atoms with E-state index < -0.39 is 17.4 Å². The number of hydrogen-bond donors (Lipinski definition) is 1. The third-order valence-electron chi connectivity index (χ3n) is 5.76. The van der Waals surface area contributed by atoms with E-state index in [2.05, 4.69) is 12.1 Å². The highest BCUT2D eigenvalue weighted by molar-refractivity contribution is 7.77. The normalized spacial score (nSPS) is 11.8. The van der Waals surface area contributed by atoms with Gasteiger partial charge < -0.3 is 4.74 Å². The lowest BCUT2D eigenvalue weighted by atomic mass is 10.0. The Morgan fingerprint density at radius 2 is 1.63 bits per heavy atom. The summed E-state index contributed by atoms with van der Waals surface area (Å²) in [7, 11) is 0. The molecule has 7 nitrogen and oxygen atoms in total. The average Bonchev–Trinajstić information content (AvgIpc) is 3.15. The number of ether oxygens (including phenoxy) is 1. The van der Waals surface area contributed by atoms with Crippen molar-refractivity contribution in [1.29, 1.82) is 0 Å². The van der Waals surface area contributed by atoms with Gasteiger partial charge in [0.05, 0.1) is 11.4 Å². The fraction of sp³-hybridized carbons (Fsp3) is 0.185. The lowest BCUT2D eigenvalue weighted by Gasteiger charge is -2.17. The van der Waals surface area contributed by atoms with E-state index in [9.17, 15) is 13.6 Å². The number of aryl methyl sites for hydroxylation is 2. The van der Waals surface area contributed by atoms with Crippen molar-refractivity contribution < 1.29 is 18.3 Å². The number of hydrogen-bond acceptors (Lipinski definition) is 4. The van der Waals surface area contributed by atoms with Gasteiger partial charge in [-0.1, -0.05) is 60.2 Å². The number of carbonyl (C=O) groups is 1. The van der Waals surface area contributed by atoms with Gasteiger partial charge in [0.15, 0.2) is 0 Å². The summed E-state index contributed by atoms with van der Waals surface area (Å²) in [5.74, 6) is 0.320. The van der Waals surface area contributed by atoms with Crippen molar-refractivity contribution in [2.75, 3.05) is 6.54 Å². The van der Waals surface area contributed by atoms with Crippen LogP contribution in [0.25, 0.3) is 16.8 Å². The lowest BCUT2D eigenvalue weighted by molar-refractivity contribution is 0.178. The first-order chi connectivity index (χ1) is 16.8. The van der Waals surface area contributed by atoms with E-state index in [1.54, 1.807) is 24.3 Å². The predicted octanol–water partition coefficient (Wildman–Crippen LogP) is 5.64. The van der Waals surface area contributed by atoms with Gasteiger partial charge in [0.2, 0.25) is 0 Å². The van der Waals surface area contributed by atoms with Crippen LogP contribution in [0.4, 0.5) is 4.79 Å². The van der Waals surface area contributed by atoms with Crippen molar-refractivity contribution in [3.63, 3.8) is 0 Å². The first-order valence-corrected chi connectivity index (χ1v) is 12.3. The van der Waals surface area contributed by atoms with Gasteiger partial charge in [-0.15, -0.1) is 0 Å². The van der Waals surface area contributed by atoms with Crippen molar-refractivity contribution in [3.8, 4) is 22.6 Å². The van der Waals surface area contributed by atoms with Crippen LogP contribution in [0.3, 0.4) is 0 Å². The zero-order valence-corrected chi connectivity index (χ0v) is 20.7. The average molecular weight is 490 g/mol. The van der Waals surface area contributed by atoms with Crippen LogP contribution < -0.4 is 4.74 Å². The molecule has 3 aromatic carbocycles. The molecule has 1 N–H and O–H groups in total.